The van der Waals surface area contributed by atoms with Crippen molar-refractivity contribution in [1.82, 2.24) is 4.90 Å². The third-order valence-electron chi connectivity index (χ3n) is 3.17. The Balaban J connectivity index is 2.16. The van der Waals surface area contributed by atoms with Gasteiger partial charge in [0.15, 0.2) is 0 Å². The quantitative estimate of drug-likeness (QED) is 0.749. The van der Waals surface area contributed by atoms with Crippen molar-refractivity contribution in [2.75, 3.05) is 39.1 Å². The second-order valence-corrected chi connectivity index (χ2v) is 4.68. The highest BCUT2D eigenvalue weighted by molar-refractivity contribution is 5.68. The lowest BCUT2D eigenvalue weighted by atomic mass is 9.99. The molecule has 86 valence electrons. The maximum Gasteiger partial charge on any atom is 0.0361 e. The van der Waals surface area contributed by atoms with Gasteiger partial charge < -0.3 is 9.80 Å². The first-order chi connectivity index (χ1) is 7.66. The van der Waals surface area contributed by atoms with Crippen LogP contribution in [0.15, 0.2) is 30.3 Å². The standard InChI is InChI=1S/C14H20N2/c1-15(2)14-6-4-12(5-7-14)13-8-10-16(3)11-9-13/h4-8H,9-11H2,1-3H3. The lowest BCUT2D eigenvalue weighted by Crippen LogP contribution is -2.23. The first-order valence-corrected chi connectivity index (χ1v) is 5.82. The average Bonchev–Trinajstić information content (AvgIpc) is 2.30. The monoisotopic (exact) mass is 216 g/mol. The van der Waals surface area contributed by atoms with E-state index < -0.39 is 0 Å². The molecule has 0 unspecified atom stereocenters. The predicted octanol–water partition coefficient (Wildman–Crippen LogP) is 2.47. The van der Waals surface area contributed by atoms with Gasteiger partial charge in [0.25, 0.3) is 0 Å². The van der Waals surface area contributed by atoms with Crippen LogP contribution in [0.4, 0.5) is 5.69 Å². The molecule has 2 nitrogen and oxygen atoms in total. The Bertz CT molecular complexity index is 376. The van der Waals surface area contributed by atoms with Gasteiger partial charge in [0, 0.05) is 32.9 Å². The van der Waals surface area contributed by atoms with Crippen molar-refractivity contribution in [3.63, 3.8) is 0 Å². The number of hydrogen-bond donors (Lipinski definition) is 0. The second-order valence-electron chi connectivity index (χ2n) is 4.68. The summed E-state index contributed by atoms with van der Waals surface area (Å²) in [6, 6.07) is 8.84. The summed E-state index contributed by atoms with van der Waals surface area (Å²) in [7, 11) is 6.32. The zero-order valence-electron chi connectivity index (χ0n) is 10.4. The molecule has 0 spiro atoms. The number of hydrogen-bond acceptors (Lipinski definition) is 2. The Morgan fingerprint density at radius 1 is 1.12 bits per heavy atom. The maximum absolute atomic E-state index is 2.34. The topological polar surface area (TPSA) is 6.48 Å². The smallest absolute Gasteiger partial charge is 0.0361 e. The summed E-state index contributed by atoms with van der Waals surface area (Å²) in [6.07, 6.45) is 3.51. The molecule has 1 aliphatic heterocycles. The maximum atomic E-state index is 2.34. The Morgan fingerprint density at radius 2 is 1.81 bits per heavy atom. The minimum absolute atomic E-state index is 1.07. The molecule has 1 aromatic carbocycles. The lowest BCUT2D eigenvalue weighted by molar-refractivity contribution is 0.370. The largest absolute Gasteiger partial charge is 0.378 e. The predicted molar refractivity (Wildman–Crippen MR) is 70.9 cm³/mol. The number of benzene rings is 1. The lowest BCUT2D eigenvalue weighted by Gasteiger charge is -2.22. The van der Waals surface area contributed by atoms with E-state index in [1.165, 1.54) is 23.4 Å². The minimum atomic E-state index is 1.07. The van der Waals surface area contributed by atoms with Gasteiger partial charge in [-0.05, 0) is 36.7 Å². The number of nitrogens with zero attached hydrogens (tertiary/aromatic N) is 2. The van der Waals surface area contributed by atoms with Crippen molar-refractivity contribution in [2.45, 2.75) is 6.42 Å². The number of anilines is 1. The molecule has 0 bridgehead atoms. The number of likely N-dealkylation sites (N-methyl/N-ethyl adjacent to an activating group) is 1. The molecular weight excluding hydrogens is 196 g/mol. The highest BCUT2D eigenvalue weighted by atomic mass is 15.1. The summed E-state index contributed by atoms with van der Waals surface area (Å²) in [5.41, 5.74) is 4.12. The van der Waals surface area contributed by atoms with Crippen molar-refractivity contribution in [2.24, 2.45) is 0 Å². The van der Waals surface area contributed by atoms with E-state index in [0.29, 0.717) is 0 Å². The van der Waals surface area contributed by atoms with Crippen molar-refractivity contribution in [3.05, 3.63) is 35.9 Å². The van der Waals surface area contributed by atoms with Crippen LogP contribution in [0, 0.1) is 0 Å². The highest BCUT2D eigenvalue weighted by Crippen LogP contribution is 2.23. The van der Waals surface area contributed by atoms with Gasteiger partial charge in [-0.15, -0.1) is 0 Å². The first-order valence-electron chi connectivity index (χ1n) is 5.82. The van der Waals surface area contributed by atoms with Gasteiger partial charge in [-0.1, -0.05) is 18.2 Å². The van der Waals surface area contributed by atoms with E-state index in [4.69, 9.17) is 0 Å². The van der Waals surface area contributed by atoms with Gasteiger partial charge in [-0.2, -0.15) is 0 Å². The van der Waals surface area contributed by atoms with Gasteiger partial charge in [0.1, 0.15) is 0 Å². The second kappa shape index (κ2) is 4.71. The van der Waals surface area contributed by atoms with Crippen LogP contribution in [-0.2, 0) is 0 Å². The first kappa shape index (κ1) is 11.2. The van der Waals surface area contributed by atoms with E-state index in [0.717, 1.165) is 13.0 Å². The van der Waals surface area contributed by atoms with Crippen LogP contribution in [0.2, 0.25) is 0 Å². The molecular formula is C14H20N2. The van der Waals surface area contributed by atoms with Crippen molar-refractivity contribution < 1.29 is 0 Å². The third kappa shape index (κ3) is 2.45. The zero-order chi connectivity index (χ0) is 11.5. The van der Waals surface area contributed by atoms with Gasteiger partial charge in [0.05, 0.1) is 0 Å². The molecule has 2 rings (SSSR count). The SMILES string of the molecule is CN1CC=C(c2ccc(N(C)C)cc2)CC1. The molecule has 0 amide bonds. The molecule has 0 saturated heterocycles. The van der Waals surface area contributed by atoms with Crippen LogP contribution >= 0.6 is 0 Å². The zero-order valence-corrected chi connectivity index (χ0v) is 10.4. The van der Waals surface area contributed by atoms with Gasteiger partial charge in [0.2, 0.25) is 0 Å². The summed E-state index contributed by atoms with van der Waals surface area (Å²) in [5.74, 6) is 0. The highest BCUT2D eigenvalue weighted by Gasteiger charge is 2.09. The summed E-state index contributed by atoms with van der Waals surface area (Å²) in [6.45, 7) is 2.24. The molecule has 0 aromatic heterocycles. The Morgan fingerprint density at radius 3 is 2.31 bits per heavy atom. The van der Waals surface area contributed by atoms with Crippen LogP contribution in [0.1, 0.15) is 12.0 Å². The van der Waals surface area contributed by atoms with E-state index in [9.17, 15) is 0 Å². The fourth-order valence-electron chi connectivity index (χ4n) is 2.01. The fourth-order valence-corrected chi connectivity index (χ4v) is 2.01. The molecule has 16 heavy (non-hydrogen) atoms. The van der Waals surface area contributed by atoms with Crippen LogP contribution in [-0.4, -0.2) is 39.1 Å². The summed E-state index contributed by atoms with van der Waals surface area (Å²) in [5, 5.41) is 0. The van der Waals surface area contributed by atoms with E-state index >= 15 is 0 Å². The molecule has 0 saturated carbocycles. The Hall–Kier alpha value is -1.28. The van der Waals surface area contributed by atoms with Crippen LogP contribution in [0.25, 0.3) is 5.57 Å². The summed E-state index contributed by atoms with van der Waals surface area (Å²) >= 11 is 0. The van der Waals surface area contributed by atoms with Gasteiger partial charge in [-0.25, -0.2) is 0 Å². The van der Waals surface area contributed by atoms with E-state index in [1.807, 2.05) is 0 Å². The van der Waals surface area contributed by atoms with E-state index in [2.05, 4.69) is 61.3 Å². The molecule has 0 fully saturated rings. The molecule has 0 radical (unpaired) electrons. The fraction of sp³-hybridized carbons (Fsp3) is 0.429. The van der Waals surface area contributed by atoms with Crippen LogP contribution in [0.5, 0.6) is 0 Å². The molecule has 0 aliphatic carbocycles. The van der Waals surface area contributed by atoms with Crippen molar-refractivity contribution in [3.8, 4) is 0 Å². The van der Waals surface area contributed by atoms with Gasteiger partial charge in [-0.3, -0.25) is 0 Å². The van der Waals surface area contributed by atoms with Crippen molar-refractivity contribution >= 4 is 11.3 Å². The van der Waals surface area contributed by atoms with Crippen LogP contribution in [0.3, 0.4) is 0 Å². The molecule has 1 aliphatic rings. The Labute approximate surface area is 98.2 Å². The summed E-state index contributed by atoms with van der Waals surface area (Å²) < 4.78 is 0. The average molecular weight is 216 g/mol. The number of rotatable bonds is 2. The molecule has 1 heterocycles. The third-order valence-corrected chi connectivity index (χ3v) is 3.17. The molecule has 1 aromatic rings. The normalized spacial score (nSPS) is 17.1. The van der Waals surface area contributed by atoms with E-state index in [1.54, 1.807) is 0 Å². The molecule has 0 atom stereocenters. The summed E-state index contributed by atoms with van der Waals surface area (Å²) in [4.78, 5) is 4.48. The molecule has 0 N–H and O–H groups in total. The van der Waals surface area contributed by atoms with Crippen LogP contribution < -0.4 is 4.90 Å². The Kier molecular flexibility index (Phi) is 3.30. The van der Waals surface area contributed by atoms with Gasteiger partial charge >= 0.3 is 0 Å². The van der Waals surface area contributed by atoms with Crippen molar-refractivity contribution in [1.29, 1.82) is 0 Å². The van der Waals surface area contributed by atoms with E-state index in [-0.39, 0.29) is 0 Å². The minimum Gasteiger partial charge on any atom is -0.378 e. The molecule has 2 heteroatoms.